The molecule has 0 radical (unpaired) electrons. The molecule has 218 valence electrons. The van der Waals surface area contributed by atoms with E-state index in [1.54, 1.807) is 0 Å². The molecule has 9 nitrogen and oxygen atoms in total. The Balaban J connectivity index is 4.52. The summed E-state index contributed by atoms with van der Waals surface area (Å²) in [6.45, 7) is 3.76. The summed E-state index contributed by atoms with van der Waals surface area (Å²) >= 11 is 0. The lowest BCUT2D eigenvalue weighted by Gasteiger charge is -2.24. The number of nitrogens with zero attached hydrogens (tertiary/aromatic N) is 1. The Morgan fingerprint density at radius 1 is 0.816 bits per heavy atom. The second-order valence-electron chi connectivity index (χ2n) is 9.70. The van der Waals surface area contributed by atoms with Crippen molar-refractivity contribution in [3.8, 4) is 0 Å². The van der Waals surface area contributed by atoms with Gasteiger partial charge in [0.05, 0.1) is 27.7 Å². The quantitative estimate of drug-likeness (QED) is 0.0784. The van der Waals surface area contributed by atoms with Gasteiger partial charge in [0.15, 0.2) is 6.10 Å². The van der Waals surface area contributed by atoms with E-state index in [1.165, 1.54) is 0 Å². The molecule has 0 aromatic heterocycles. The van der Waals surface area contributed by atoms with Crippen molar-refractivity contribution in [1.82, 2.24) is 0 Å². The molecule has 10 heteroatoms. The molecule has 0 bridgehead atoms. The van der Waals surface area contributed by atoms with Gasteiger partial charge < -0.3 is 18.9 Å². The number of rotatable bonds is 22. The van der Waals surface area contributed by atoms with Crippen LogP contribution in [0.15, 0.2) is 48.6 Å². The molecule has 0 spiro atoms. The number of phosphoric acid groups is 1. The lowest BCUT2D eigenvalue weighted by atomic mass is 10.2. The van der Waals surface area contributed by atoms with E-state index in [2.05, 4.69) is 43.4 Å². The lowest BCUT2D eigenvalue weighted by Crippen LogP contribution is -2.37. The largest absolute Gasteiger partial charge is 0.472 e. The van der Waals surface area contributed by atoms with E-state index in [0.717, 1.165) is 25.7 Å². The molecule has 2 unspecified atom stereocenters. The number of ether oxygens (including phenoxy) is 2. The molecule has 38 heavy (non-hydrogen) atoms. The third-order valence-corrected chi connectivity index (χ3v) is 5.84. The molecule has 0 saturated carbocycles. The second kappa shape index (κ2) is 21.9. The van der Waals surface area contributed by atoms with Crippen molar-refractivity contribution in [2.75, 3.05) is 47.5 Å². The van der Waals surface area contributed by atoms with E-state index in [0.29, 0.717) is 23.9 Å². The number of esters is 2. The monoisotopic (exact) mass is 558 g/mol. The van der Waals surface area contributed by atoms with Crippen LogP contribution in [0.2, 0.25) is 0 Å². The van der Waals surface area contributed by atoms with Gasteiger partial charge in [0.2, 0.25) is 0 Å². The molecule has 0 aromatic carbocycles. The first kappa shape index (κ1) is 36.0. The van der Waals surface area contributed by atoms with Crippen LogP contribution >= 0.6 is 7.82 Å². The predicted molar refractivity (Wildman–Crippen MR) is 150 cm³/mol. The molecule has 0 rings (SSSR count). The molecule has 0 aliphatic rings. The van der Waals surface area contributed by atoms with E-state index in [-0.39, 0.29) is 26.1 Å². The molecule has 0 saturated heterocycles. The highest BCUT2D eigenvalue weighted by Crippen LogP contribution is 2.43. The number of hydrogen-bond acceptors (Lipinski definition) is 7. The van der Waals surface area contributed by atoms with Crippen LogP contribution in [0.3, 0.4) is 0 Å². The number of likely N-dealkylation sites (N-methyl/N-ethyl adjacent to an activating group) is 1. The van der Waals surface area contributed by atoms with Crippen molar-refractivity contribution in [3.63, 3.8) is 0 Å². The average molecular weight is 559 g/mol. The highest BCUT2D eigenvalue weighted by molar-refractivity contribution is 7.47. The smallest absolute Gasteiger partial charge is 0.462 e. The fourth-order valence-corrected chi connectivity index (χ4v) is 3.51. The van der Waals surface area contributed by atoms with Crippen LogP contribution in [0.1, 0.15) is 65.2 Å². The van der Waals surface area contributed by atoms with Gasteiger partial charge in [0, 0.05) is 12.8 Å². The minimum atomic E-state index is -4.35. The average Bonchev–Trinajstić information content (AvgIpc) is 2.83. The normalized spacial score (nSPS) is 15.0. The Morgan fingerprint density at radius 3 is 1.95 bits per heavy atom. The maximum atomic E-state index is 12.3. The van der Waals surface area contributed by atoms with Crippen LogP contribution in [-0.2, 0) is 32.7 Å². The molecule has 2 atom stereocenters. The van der Waals surface area contributed by atoms with Gasteiger partial charge in [-0.25, -0.2) is 4.57 Å². The fourth-order valence-electron chi connectivity index (χ4n) is 2.77. The SMILES string of the molecule is CC/C=C\C/C=C\C/C=C\C/C=C\CCC(=O)OC(COC(=O)CCC)COP(=O)(O)OCC[N+](C)(C)C. The third kappa shape index (κ3) is 24.3. The first-order valence-electron chi connectivity index (χ1n) is 13.4. The minimum Gasteiger partial charge on any atom is -0.462 e. The Kier molecular flexibility index (Phi) is 20.7. The predicted octanol–water partition coefficient (Wildman–Crippen LogP) is 5.67. The zero-order valence-corrected chi connectivity index (χ0v) is 24.8. The molecular weight excluding hydrogens is 509 g/mol. The Labute approximate surface area is 229 Å². The van der Waals surface area contributed by atoms with Gasteiger partial charge in [-0.3, -0.25) is 18.6 Å². The minimum absolute atomic E-state index is 0.0160. The van der Waals surface area contributed by atoms with Crippen molar-refractivity contribution in [3.05, 3.63) is 48.6 Å². The number of carbonyl (C=O) groups is 2. The van der Waals surface area contributed by atoms with Crippen molar-refractivity contribution in [2.45, 2.75) is 71.3 Å². The van der Waals surface area contributed by atoms with Crippen molar-refractivity contribution in [2.24, 2.45) is 0 Å². The van der Waals surface area contributed by atoms with E-state index >= 15 is 0 Å². The number of quaternary nitrogens is 1. The molecule has 0 fully saturated rings. The fraction of sp³-hybridized carbons (Fsp3) is 0.643. The summed E-state index contributed by atoms with van der Waals surface area (Å²) in [6.07, 6.45) is 20.7. The summed E-state index contributed by atoms with van der Waals surface area (Å²) in [7, 11) is 1.41. The van der Waals surface area contributed by atoms with Gasteiger partial charge in [-0.2, -0.15) is 0 Å². The number of phosphoric ester groups is 1. The van der Waals surface area contributed by atoms with Crippen LogP contribution in [0.4, 0.5) is 0 Å². The summed E-state index contributed by atoms with van der Waals surface area (Å²) < 4.78 is 33.2. The first-order valence-corrected chi connectivity index (χ1v) is 14.9. The van der Waals surface area contributed by atoms with Crippen LogP contribution in [0.5, 0.6) is 0 Å². The molecule has 0 heterocycles. The third-order valence-electron chi connectivity index (χ3n) is 4.86. The number of hydrogen-bond donors (Lipinski definition) is 1. The summed E-state index contributed by atoms with van der Waals surface area (Å²) in [4.78, 5) is 33.9. The van der Waals surface area contributed by atoms with E-state index < -0.39 is 32.5 Å². The van der Waals surface area contributed by atoms with Gasteiger partial charge >= 0.3 is 19.8 Å². The standard InChI is InChI=1S/C28H48NO8P/c1-6-8-9-10-11-12-13-14-15-16-17-18-19-21-28(31)37-26(24-34-27(30)20-7-2)25-36-38(32,33)35-23-22-29(3,4)5/h8-9,11-12,14-15,17-18,26H,6-7,10,13,16,19-25H2,1-5H3/p+1/b9-8-,12-11-,15-14-,18-17-. The van der Waals surface area contributed by atoms with Crippen molar-refractivity contribution in [1.29, 1.82) is 0 Å². The maximum Gasteiger partial charge on any atom is 0.472 e. The topological polar surface area (TPSA) is 108 Å². The van der Waals surface area contributed by atoms with E-state index in [4.69, 9.17) is 18.5 Å². The zero-order valence-electron chi connectivity index (χ0n) is 23.9. The van der Waals surface area contributed by atoms with Crippen LogP contribution in [0, 0.1) is 0 Å². The van der Waals surface area contributed by atoms with Crippen LogP contribution in [-0.4, -0.2) is 74.9 Å². The Bertz CT molecular complexity index is 814. The molecule has 0 aliphatic heterocycles. The first-order chi connectivity index (χ1) is 18.0. The van der Waals surface area contributed by atoms with Gasteiger partial charge in [-0.15, -0.1) is 0 Å². The van der Waals surface area contributed by atoms with Crippen LogP contribution < -0.4 is 0 Å². The lowest BCUT2D eigenvalue weighted by molar-refractivity contribution is -0.870. The molecule has 1 N–H and O–H groups in total. The Hall–Kier alpha value is -2.03. The molecule has 0 aliphatic carbocycles. The number of carbonyl (C=O) groups excluding carboxylic acids is 2. The summed E-state index contributed by atoms with van der Waals surface area (Å²) in [5.41, 5.74) is 0. The number of allylic oxidation sites excluding steroid dienone is 8. The van der Waals surface area contributed by atoms with Gasteiger partial charge in [-0.1, -0.05) is 62.5 Å². The maximum absolute atomic E-state index is 12.3. The molecule has 0 aromatic rings. The summed E-state index contributed by atoms with van der Waals surface area (Å²) in [5, 5.41) is 0. The zero-order chi connectivity index (χ0) is 28.7. The second-order valence-corrected chi connectivity index (χ2v) is 11.1. The van der Waals surface area contributed by atoms with Crippen LogP contribution in [0.25, 0.3) is 0 Å². The van der Waals surface area contributed by atoms with E-state index in [9.17, 15) is 19.0 Å². The summed E-state index contributed by atoms with van der Waals surface area (Å²) in [5.74, 6) is -0.967. The van der Waals surface area contributed by atoms with Gasteiger partial charge in [0.25, 0.3) is 0 Å². The molecular formula is C28H49NO8P+. The van der Waals surface area contributed by atoms with Gasteiger partial charge in [-0.05, 0) is 38.5 Å². The Morgan fingerprint density at radius 2 is 1.39 bits per heavy atom. The summed E-state index contributed by atoms with van der Waals surface area (Å²) in [6, 6.07) is 0. The highest BCUT2D eigenvalue weighted by atomic mass is 31.2. The molecule has 0 amide bonds. The van der Waals surface area contributed by atoms with Crippen molar-refractivity contribution >= 4 is 19.8 Å². The van der Waals surface area contributed by atoms with E-state index in [1.807, 2.05) is 40.2 Å². The van der Waals surface area contributed by atoms with Gasteiger partial charge in [0.1, 0.15) is 19.8 Å². The highest BCUT2D eigenvalue weighted by Gasteiger charge is 2.26. The van der Waals surface area contributed by atoms with Crippen molar-refractivity contribution < 1.29 is 42.1 Å².